The van der Waals surface area contributed by atoms with E-state index in [2.05, 4.69) is 42.6 Å². The number of ether oxygens (including phenoxy) is 2. The van der Waals surface area contributed by atoms with Gasteiger partial charge in [-0.05, 0) is 31.7 Å². The van der Waals surface area contributed by atoms with Crippen LogP contribution in [0.5, 0.6) is 6.01 Å². The van der Waals surface area contributed by atoms with Crippen molar-refractivity contribution in [1.29, 1.82) is 5.26 Å². The van der Waals surface area contributed by atoms with Crippen LogP contribution in [0.15, 0.2) is 0 Å². The Morgan fingerprint density at radius 3 is 2.50 bits per heavy atom. The molecule has 0 unspecified atom stereocenters. The molecule has 0 saturated heterocycles. The molecular formula is C23H38ClN5O2Si. The summed E-state index contributed by atoms with van der Waals surface area (Å²) in [7, 11) is -1.20. The monoisotopic (exact) mass is 479 g/mol. The van der Waals surface area contributed by atoms with E-state index in [4.69, 9.17) is 26.8 Å². The zero-order valence-corrected chi connectivity index (χ0v) is 21.8. The second kappa shape index (κ2) is 13.0. The number of aryl methyl sites for hydroxylation is 1. The highest BCUT2D eigenvalue weighted by molar-refractivity contribution is 6.76. The number of hydrogen-bond donors (Lipinski definition) is 1. The number of nitrogens with zero attached hydrogens (tertiary/aromatic N) is 4. The van der Waals surface area contributed by atoms with Crippen LogP contribution in [-0.4, -0.2) is 41.7 Å². The molecule has 2 aromatic heterocycles. The molecule has 0 aromatic carbocycles. The van der Waals surface area contributed by atoms with Gasteiger partial charge < -0.3 is 19.8 Å². The van der Waals surface area contributed by atoms with Gasteiger partial charge in [-0.15, -0.1) is 11.6 Å². The van der Waals surface area contributed by atoms with E-state index in [1.54, 1.807) is 0 Å². The lowest BCUT2D eigenvalue weighted by Gasteiger charge is -2.16. The highest BCUT2D eigenvalue weighted by Crippen LogP contribution is 2.31. The second-order valence-corrected chi connectivity index (χ2v) is 15.4. The van der Waals surface area contributed by atoms with E-state index in [0.717, 1.165) is 56.6 Å². The topological polar surface area (TPSA) is 99.0 Å². The number of rotatable bonds is 15. The fourth-order valence-electron chi connectivity index (χ4n) is 3.46. The Balaban J connectivity index is 2.36. The molecule has 178 valence electrons. The van der Waals surface area contributed by atoms with E-state index < -0.39 is 8.07 Å². The summed E-state index contributed by atoms with van der Waals surface area (Å²) in [6.07, 6.45) is 6.78. The number of aromatic nitrogens is 3. The number of alkyl halides is 1. The van der Waals surface area contributed by atoms with Gasteiger partial charge in [-0.2, -0.15) is 15.2 Å². The Morgan fingerprint density at radius 1 is 1.09 bits per heavy atom. The van der Waals surface area contributed by atoms with Crippen molar-refractivity contribution in [2.45, 2.75) is 84.3 Å². The van der Waals surface area contributed by atoms with Gasteiger partial charge >= 0.3 is 6.01 Å². The molecule has 2 rings (SSSR count). The fourth-order valence-corrected chi connectivity index (χ4v) is 4.41. The van der Waals surface area contributed by atoms with Crippen LogP contribution in [-0.2, 0) is 17.9 Å². The Morgan fingerprint density at radius 2 is 1.84 bits per heavy atom. The van der Waals surface area contributed by atoms with Gasteiger partial charge in [0.05, 0.1) is 6.61 Å². The SMILES string of the molecule is CCCCOc1nc(N)c2c(n1)c(CCCCCCCl)c(C#N)n2COCC[Si](C)(C)C. The van der Waals surface area contributed by atoms with Crippen molar-refractivity contribution < 1.29 is 9.47 Å². The average Bonchev–Trinajstić information content (AvgIpc) is 3.03. The predicted molar refractivity (Wildman–Crippen MR) is 134 cm³/mol. The Hall–Kier alpha value is -1.82. The van der Waals surface area contributed by atoms with Crippen LogP contribution in [0, 0.1) is 11.3 Å². The molecule has 0 spiro atoms. The highest BCUT2D eigenvalue weighted by Gasteiger charge is 2.23. The standard InChI is InChI=1S/C23H38ClN5O2Si/c1-5-6-13-31-23-27-20-18(11-9-7-8-10-12-24)19(16-25)29(21(20)22(26)28-23)17-30-14-15-32(2,3)4/h5-15,17H2,1-4H3,(H2,26,27,28). The molecule has 0 radical (unpaired) electrons. The maximum absolute atomic E-state index is 10.0. The average molecular weight is 480 g/mol. The van der Waals surface area contributed by atoms with E-state index in [1.165, 1.54) is 0 Å². The van der Waals surface area contributed by atoms with Crippen LogP contribution in [0.4, 0.5) is 5.82 Å². The summed E-state index contributed by atoms with van der Waals surface area (Å²) in [5, 5.41) is 10.0. The molecule has 0 atom stereocenters. The largest absolute Gasteiger partial charge is 0.463 e. The number of halogens is 1. The number of nitriles is 1. The zero-order chi connectivity index (χ0) is 23.6. The molecule has 0 aliphatic carbocycles. The van der Waals surface area contributed by atoms with Gasteiger partial charge in [0.1, 0.15) is 29.5 Å². The molecule has 0 aliphatic heterocycles. The van der Waals surface area contributed by atoms with Crippen LogP contribution in [0.1, 0.15) is 56.7 Å². The second-order valence-electron chi connectivity index (χ2n) is 9.36. The van der Waals surface area contributed by atoms with Gasteiger partial charge in [0.2, 0.25) is 0 Å². The molecule has 7 nitrogen and oxygen atoms in total. The molecule has 0 bridgehead atoms. The number of anilines is 1. The van der Waals surface area contributed by atoms with E-state index in [9.17, 15) is 5.26 Å². The van der Waals surface area contributed by atoms with E-state index in [1.807, 2.05) is 4.57 Å². The Labute approximate surface area is 198 Å². The minimum atomic E-state index is -1.20. The third kappa shape index (κ3) is 7.64. The van der Waals surface area contributed by atoms with Crippen molar-refractivity contribution in [3.8, 4) is 12.1 Å². The maximum Gasteiger partial charge on any atom is 0.319 e. The summed E-state index contributed by atoms with van der Waals surface area (Å²) in [6, 6.07) is 3.70. The number of fused-ring (bicyclic) bond motifs is 1. The molecular weight excluding hydrogens is 442 g/mol. The van der Waals surface area contributed by atoms with Gasteiger partial charge in [0.15, 0.2) is 5.82 Å². The molecule has 0 aliphatic rings. The van der Waals surface area contributed by atoms with Gasteiger partial charge in [-0.25, -0.2) is 0 Å². The van der Waals surface area contributed by atoms with Gasteiger partial charge in [0, 0.05) is 26.1 Å². The summed E-state index contributed by atoms with van der Waals surface area (Å²) in [5.74, 6) is 1.000. The quantitative estimate of drug-likeness (QED) is 0.199. The molecule has 2 aromatic rings. The molecule has 2 heterocycles. The first-order chi connectivity index (χ1) is 15.3. The Kier molecular flexibility index (Phi) is 10.8. The van der Waals surface area contributed by atoms with Crippen LogP contribution in [0.2, 0.25) is 25.7 Å². The summed E-state index contributed by atoms with van der Waals surface area (Å²) in [6.45, 7) is 10.5. The first kappa shape index (κ1) is 26.4. The minimum absolute atomic E-state index is 0.264. The lowest BCUT2D eigenvalue weighted by atomic mass is 10.1. The van der Waals surface area contributed by atoms with E-state index in [-0.39, 0.29) is 12.7 Å². The van der Waals surface area contributed by atoms with Crippen LogP contribution < -0.4 is 10.5 Å². The van der Waals surface area contributed by atoms with Crippen LogP contribution in [0.25, 0.3) is 11.0 Å². The van der Waals surface area contributed by atoms with Gasteiger partial charge in [-0.1, -0.05) is 45.8 Å². The lowest BCUT2D eigenvalue weighted by Crippen LogP contribution is -2.22. The fraction of sp³-hybridized carbons (Fsp3) is 0.696. The van der Waals surface area contributed by atoms with Gasteiger partial charge in [0.25, 0.3) is 0 Å². The summed E-state index contributed by atoms with van der Waals surface area (Å²) < 4.78 is 13.5. The molecule has 9 heteroatoms. The predicted octanol–water partition coefficient (Wildman–Crippen LogP) is 5.72. The van der Waals surface area contributed by atoms with Crippen LogP contribution in [0.3, 0.4) is 0 Å². The lowest BCUT2D eigenvalue weighted by molar-refractivity contribution is 0.0896. The maximum atomic E-state index is 10.0. The van der Waals surface area contributed by atoms with Gasteiger partial charge in [-0.3, -0.25) is 0 Å². The third-order valence-corrected chi connectivity index (χ3v) is 7.34. The summed E-state index contributed by atoms with van der Waals surface area (Å²) >= 11 is 5.80. The van der Waals surface area contributed by atoms with Crippen molar-refractivity contribution in [2.24, 2.45) is 0 Å². The molecule has 2 N–H and O–H groups in total. The number of hydrogen-bond acceptors (Lipinski definition) is 6. The number of nitrogen functional groups attached to an aromatic ring is 1. The molecule has 32 heavy (non-hydrogen) atoms. The first-order valence-electron chi connectivity index (χ1n) is 11.7. The van der Waals surface area contributed by atoms with Crippen molar-refractivity contribution in [3.63, 3.8) is 0 Å². The minimum Gasteiger partial charge on any atom is -0.463 e. The highest BCUT2D eigenvalue weighted by atomic mass is 35.5. The van der Waals surface area contributed by atoms with Crippen molar-refractivity contribution >= 4 is 36.5 Å². The van der Waals surface area contributed by atoms with Crippen molar-refractivity contribution in [3.05, 3.63) is 11.3 Å². The number of nitrogens with two attached hydrogens (primary N) is 1. The van der Waals surface area contributed by atoms with E-state index >= 15 is 0 Å². The number of unbranched alkanes of at least 4 members (excludes halogenated alkanes) is 4. The van der Waals surface area contributed by atoms with Crippen molar-refractivity contribution in [2.75, 3.05) is 24.8 Å². The molecule has 0 amide bonds. The summed E-state index contributed by atoms with van der Waals surface area (Å²) in [5.41, 5.74) is 9.16. The van der Waals surface area contributed by atoms with Crippen molar-refractivity contribution in [1.82, 2.24) is 14.5 Å². The smallest absolute Gasteiger partial charge is 0.319 e. The Bertz CT molecular complexity index is 905. The molecule has 0 fully saturated rings. The normalized spacial score (nSPS) is 11.8. The molecule has 0 saturated carbocycles. The van der Waals surface area contributed by atoms with Crippen LogP contribution >= 0.6 is 11.6 Å². The first-order valence-corrected chi connectivity index (χ1v) is 15.9. The van der Waals surface area contributed by atoms with E-state index in [0.29, 0.717) is 41.6 Å². The summed E-state index contributed by atoms with van der Waals surface area (Å²) in [4.78, 5) is 9.03. The zero-order valence-electron chi connectivity index (χ0n) is 20.0. The third-order valence-electron chi connectivity index (χ3n) is 5.36.